The Hall–Kier alpha value is -1.59. The average Bonchev–Trinajstić information content (AvgIpc) is 2.78. The topological polar surface area (TPSA) is 57.6 Å². The molecular weight excluding hydrogens is 346 g/mol. The highest BCUT2D eigenvalue weighted by Crippen LogP contribution is 2.39. The molecule has 140 valence electrons. The molecule has 2 aliphatic rings. The molecule has 0 atom stereocenters. The molecule has 0 unspecified atom stereocenters. The maximum Gasteiger partial charge on any atom is 0.268 e. The number of nitrogens with zero attached hydrogens (tertiary/aromatic N) is 1. The molecule has 0 radical (unpaired) electrons. The zero-order valence-corrected chi connectivity index (χ0v) is 16.4. The summed E-state index contributed by atoms with van der Waals surface area (Å²) in [5, 5.41) is 9.23. The maximum atomic E-state index is 13.3. The summed E-state index contributed by atoms with van der Waals surface area (Å²) in [6.45, 7) is 3.99. The second kappa shape index (κ2) is 8.40. The van der Waals surface area contributed by atoms with Gasteiger partial charge in [-0.05, 0) is 37.8 Å². The smallest absolute Gasteiger partial charge is 0.268 e. The Labute approximate surface area is 159 Å². The van der Waals surface area contributed by atoms with Gasteiger partial charge in [0.05, 0.1) is 17.1 Å². The maximum absolute atomic E-state index is 13.3. The van der Waals surface area contributed by atoms with Crippen molar-refractivity contribution in [2.24, 2.45) is 0 Å². The van der Waals surface area contributed by atoms with Crippen LogP contribution in [0, 0.1) is 13.8 Å². The van der Waals surface area contributed by atoms with Gasteiger partial charge in [0.1, 0.15) is 0 Å². The number of aryl methyl sites for hydroxylation is 2. The summed E-state index contributed by atoms with van der Waals surface area (Å²) in [6, 6.07) is 5.98. The molecule has 1 saturated carbocycles. The first-order valence-electron chi connectivity index (χ1n) is 9.48. The third-order valence-electron chi connectivity index (χ3n) is 5.25. The van der Waals surface area contributed by atoms with E-state index in [-0.39, 0.29) is 24.5 Å². The standard InChI is InChI=1S/C21H27NO3S/c1-14-9-10-17(15(2)13-14)18-19(26-12-11-23)21(25)22(20(18)24)16-7-5-3-4-6-8-16/h9-10,13,16,23H,3-8,11-12H2,1-2H3. The third kappa shape index (κ3) is 3.74. The summed E-state index contributed by atoms with van der Waals surface area (Å²) < 4.78 is 0. The number of aliphatic hydroxyl groups excluding tert-OH is 1. The molecule has 1 aliphatic heterocycles. The lowest BCUT2D eigenvalue weighted by atomic mass is 9.98. The predicted octanol–water partition coefficient (Wildman–Crippen LogP) is 3.83. The minimum absolute atomic E-state index is 0.00508. The van der Waals surface area contributed by atoms with Crippen molar-refractivity contribution >= 4 is 29.1 Å². The van der Waals surface area contributed by atoms with Crippen molar-refractivity contribution < 1.29 is 14.7 Å². The van der Waals surface area contributed by atoms with Gasteiger partial charge in [-0.2, -0.15) is 0 Å². The van der Waals surface area contributed by atoms with E-state index in [1.165, 1.54) is 29.5 Å². The zero-order chi connectivity index (χ0) is 18.7. The number of hydrogen-bond acceptors (Lipinski definition) is 4. The van der Waals surface area contributed by atoms with Crippen molar-refractivity contribution in [1.29, 1.82) is 0 Å². The van der Waals surface area contributed by atoms with Crippen molar-refractivity contribution in [3.63, 3.8) is 0 Å². The van der Waals surface area contributed by atoms with Gasteiger partial charge in [-0.15, -0.1) is 11.8 Å². The van der Waals surface area contributed by atoms with Crippen LogP contribution in [0.5, 0.6) is 0 Å². The van der Waals surface area contributed by atoms with Gasteiger partial charge in [-0.3, -0.25) is 14.5 Å². The zero-order valence-electron chi connectivity index (χ0n) is 15.6. The van der Waals surface area contributed by atoms with Crippen LogP contribution in [-0.2, 0) is 9.59 Å². The fraction of sp³-hybridized carbons (Fsp3) is 0.524. The molecule has 1 heterocycles. The highest BCUT2D eigenvalue weighted by atomic mass is 32.2. The van der Waals surface area contributed by atoms with Gasteiger partial charge < -0.3 is 5.11 Å². The van der Waals surface area contributed by atoms with Crippen molar-refractivity contribution in [2.75, 3.05) is 12.4 Å². The molecule has 2 amide bonds. The van der Waals surface area contributed by atoms with Crippen LogP contribution in [0.25, 0.3) is 5.57 Å². The number of rotatable bonds is 5. The van der Waals surface area contributed by atoms with E-state index in [9.17, 15) is 14.7 Å². The number of imide groups is 1. The largest absolute Gasteiger partial charge is 0.396 e. The van der Waals surface area contributed by atoms with Gasteiger partial charge in [0.2, 0.25) is 0 Å². The molecule has 4 nitrogen and oxygen atoms in total. The van der Waals surface area contributed by atoms with Crippen molar-refractivity contribution in [3.05, 3.63) is 39.8 Å². The summed E-state index contributed by atoms with van der Waals surface area (Å²) in [6.07, 6.45) is 6.29. The lowest BCUT2D eigenvalue weighted by Gasteiger charge is -2.25. The van der Waals surface area contributed by atoms with Crippen LogP contribution in [0.2, 0.25) is 0 Å². The summed E-state index contributed by atoms with van der Waals surface area (Å²) in [5.41, 5.74) is 3.50. The monoisotopic (exact) mass is 373 g/mol. The van der Waals surface area contributed by atoms with E-state index in [1.807, 2.05) is 32.0 Å². The highest BCUT2D eigenvalue weighted by molar-refractivity contribution is 8.04. The van der Waals surface area contributed by atoms with Gasteiger partial charge in [0.15, 0.2) is 0 Å². The lowest BCUT2D eigenvalue weighted by Crippen LogP contribution is -2.40. The van der Waals surface area contributed by atoms with Crippen LogP contribution in [-0.4, -0.2) is 40.2 Å². The number of thioether (sulfide) groups is 1. The second-order valence-corrected chi connectivity index (χ2v) is 8.33. The van der Waals surface area contributed by atoms with Gasteiger partial charge in [-0.25, -0.2) is 0 Å². The van der Waals surface area contributed by atoms with Crippen LogP contribution in [0.4, 0.5) is 0 Å². The molecule has 1 fully saturated rings. The van der Waals surface area contributed by atoms with Crippen LogP contribution in [0.1, 0.15) is 55.2 Å². The Bertz CT molecular complexity index is 733. The van der Waals surface area contributed by atoms with Crippen molar-refractivity contribution in [1.82, 2.24) is 4.90 Å². The van der Waals surface area contributed by atoms with Crippen LogP contribution < -0.4 is 0 Å². The fourth-order valence-corrected chi connectivity index (χ4v) is 4.85. The number of aliphatic hydroxyl groups is 1. The molecule has 26 heavy (non-hydrogen) atoms. The van der Waals surface area contributed by atoms with Crippen LogP contribution in [0.3, 0.4) is 0 Å². The Morgan fingerprint density at radius 3 is 2.38 bits per heavy atom. The van der Waals surface area contributed by atoms with Crippen molar-refractivity contribution in [2.45, 2.75) is 58.4 Å². The highest BCUT2D eigenvalue weighted by Gasteiger charge is 2.42. The first-order chi connectivity index (χ1) is 12.5. The molecule has 1 aromatic carbocycles. The van der Waals surface area contributed by atoms with Crippen LogP contribution >= 0.6 is 11.8 Å². The van der Waals surface area contributed by atoms with E-state index in [2.05, 4.69) is 0 Å². The lowest BCUT2D eigenvalue weighted by molar-refractivity contribution is -0.139. The molecule has 0 spiro atoms. The van der Waals surface area contributed by atoms with E-state index in [1.54, 1.807) is 0 Å². The van der Waals surface area contributed by atoms with Gasteiger partial charge in [-0.1, -0.05) is 49.4 Å². The first kappa shape index (κ1) is 19.2. The molecule has 0 aromatic heterocycles. The number of benzene rings is 1. The third-order valence-corrected chi connectivity index (χ3v) is 6.31. The number of hydrogen-bond donors (Lipinski definition) is 1. The van der Waals surface area contributed by atoms with Gasteiger partial charge >= 0.3 is 0 Å². The van der Waals surface area contributed by atoms with Crippen molar-refractivity contribution in [3.8, 4) is 0 Å². The second-order valence-electron chi connectivity index (χ2n) is 7.22. The quantitative estimate of drug-likeness (QED) is 0.629. The van der Waals surface area contributed by atoms with E-state index < -0.39 is 0 Å². The summed E-state index contributed by atoms with van der Waals surface area (Å²) in [5.74, 6) is 0.0889. The minimum Gasteiger partial charge on any atom is -0.396 e. The van der Waals surface area contributed by atoms with E-state index >= 15 is 0 Å². The summed E-state index contributed by atoms with van der Waals surface area (Å²) in [7, 11) is 0. The van der Waals surface area contributed by atoms with Gasteiger partial charge in [0.25, 0.3) is 11.8 Å². The normalized spacial score (nSPS) is 19.4. The van der Waals surface area contributed by atoms with Gasteiger partial charge in [0, 0.05) is 11.8 Å². The molecule has 1 N–H and O–H groups in total. The predicted molar refractivity (Wildman–Crippen MR) is 106 cm³/mol. The molecule has 0 saturated heterocycles. The van der Waals surface area contributed by atoms with E-state index in [4.69, 9.17) is 0 Å². The molecule has 0 bridgehead atoms. The molecule has 5 heteroatoms. The Morgan fingerprint density at radius 1 is 1.08 bits per heavy atom. The Kier molecular flexibility index (Phi) is 6.20. The average molecular weight is 374 g/mol. The minimum atomic E-state index is -0.171. The Balaban J connectivity index is 2.00. The Morgan fingerprint density at radius 2 is 1.77 bits per heavy atom. The molecule has 1 aliphatic carbocycles. The van der Waals surface area contributed by atoms with Crippen LogP contribution in [0.15, 0.2) is 23.1 Å². The number of amides is 2. The summed E-state index contributed by atoms with van der Waals surface area (Å²) >= 11 is 1.30. The number of carbonyl (C=O) groups is 2. The SMILES string of the molecule is Cc1ccc(C2=C(SCCO)C(=O)N(C3CCCCCC3)C2=O)c(C)c1. The summed E-state index contributed by atoms with van der Waals surface area (Å²) in [4.78, 5) is 28.5. The number of carbonyl (C=O) groups excluding carboxylic acids is 2. The fourth-order valence-electron chi connectivity index (χ4n) is 3.99. The van der Waals surface area contributed by atoms with E-state index in [0.29, 0.717) is 16.2 Å². The molecular formula is C21H27NO3S. The molecule has 1 aromatic rings. The first-order valence-corrected chi connectivity index (χ1v) is 10.5. The van der Waals surface area contributed by atoms with E-state index in [0.717, 1.165) is 42.4 Å². The molecule has 3 rings (SSSR count).